The summed E-state index contributed by atoms with van der Waals surface area (Å²) in [6.45, 7) is 3.65. The molecule has 2 nitrogen and oxygen atoms in total. The number of carbonyl (C=O) groups is 2. The lowest BCUT2D eigenvalue weighted by Gasteiger charge is -2.17. The van der Waals surface area contributed by atoms with E-state index in [-0.39, 0.29) is 29.7 Å². The first-order chi connectivity index (χ1) is 10.5. The molecule has 3 heteroatoms. The lowest BCUT2D eigenvalue weighted by atomic mass is 9.85. The van der Waals surface area contributed by atoms with Crippen molar-refractivity contribution in [3.63, 3.8) is 0 Å². The van der Waals surface area contributed by atoms with Gasteiger partial charge < -0.3 is 0 Å². The molecule has 0 aliphatic heterocycles. The normalized spacial score (nSPS) is 12.2. The topological polar surface area (TPSA) is 34.1 Å². The lowest BCUT2D eigenvalue weighted by Crippen LogP contribution is -2.19. The molecule has 0 amide bonds. The third-order valence-electron chi connectivity index (χ3n) is 3.70. The number of benzene rings is 2. The number of hydrogen-bond donors (Lipinski definition) is 0. The Morgan fingerprint density at radius 1 is 0.955 bits per heavy atom. The smallest absolute Gasteiger partial charge is 0.170 e. The summed E-state index contributed by atoms with van der Waals surface area (Å²) in [5, 5.41) is 0. The van der Waals surface area contributed by atoms with Crippen LogP contribution in [0.5, 0.6) is 0 Å². The summed E-state index contributed by atoms with van der Waals surface area (Å²) in [6.07, 6.45) is 0.165. The molecule has 0 N–H and O–H groups in total. The molecule has 0 bridgehead atoms. The van der Waals surface area contributed by atoms with Crippen molar-refractivity contribution < 1.29 is 14.0 Å². The molecule has 0 saturated heterocycles. The molecule has 114 valence electrons. The molecular weight excluding hydrogens is 279 g/mol. The fourth-order valence-corrected chi connectivity index (χ4v) is 2.30. The first-order valence-electron chi connectivity index (χ1n) is 7.36. The van der Waals surface area contributed by atoms with Crippen LogP contribution < -0.4 is 0 Å². The van der Waals surface area contributed by atoms with Gasteiger partial charge in [0.1, 0.15) is 11.6 Å². The number of rotatable bonds is 6. The van der Waals surface area contributed by atoms with Crippen molar-refractivity contribution in [2.75, 3.05) is 0 Å². The van der Waals surface area contributed by atoms with Crippen LogP contribution in [-0.2, 0) is 4.79 Å². The van der Waals surface area contributed by atoms with Crippen molar-refractivity contribution >= 4 is 11.6 Å². The van der Waals surface area contributed by atoms with E-state index in [4.69, 9.17) is 0 Å². The van der Waals surface area contributed by atoms with Crippen LogP contribution in [-0.4, -0.2) is 11.6 Å². The second-order valence-electron chi connectivity index (χ2n) is 5.66. The van der Waals surface area contributed by atoms with Gasteiger partial charge in [-0.05, 0) is 29.8 Å². The zero-order valence-electron chi connectivity index (χ0n) is 12.8. The molecule has 0 aliphatic carbocycles. The Morgan fingerprint density at radius 3 is 2.09 bits per heavy atom. The van der Waals surface area contributed by atoms with Crippen LogP contribution in [0.2, 0.25) is 0 Å². The van der Waals surface area contributed by atoms with E-state index in [0.29, 0.717) is 5.56 Å². The second-order valence-corrected chi connectivity index (χ2v) is 5.66. The van der Waals surface area contributed by atoms with Gasteiger partial charge in [-0.15, -0.1) is 0 Å². The number of hydrogen-bond acceptors (Lipinski definition) is 2. The van der Waals surface area contributed by atoms with E-state index in [1.807, 2.05) is 44.2 Å². The largest absolute Gasteiger partial charge is 0.299 e. The van der Waals surface area contributed by atoms with Crippen molar-refractivity contribution in [2.24, 2.45) is 5.92 Å². The molecule has 0 aromatic heterocycles. The van der Waals surface area contributed by atoms with E-state index in [2.05, 4.69) is 0 Å². The summed E-state index contributed by atoms with van der Waals surface area (Å²) in [6, 6.07) is 14.7. The fourth-order valence-electron chi connectivity index (χ4n) is 2.30. The zero-order valence-corrected chi connectivity index (χ0v) is 12.8. The number of ketones is 2. The second kappa shape index (κ2) is 7.12. The average molecular weight is 298 g/mol. The molecule has 1 atom stereocenters. The number of halogens is 1. The summed E-state index contributed by atoms with van der Waals surface area (Å²) in [4.78, 5) is 24.8. The molecule has 0 aliphatic rings. The van der Waals surface area contributed by atoms with Crippen molar-refractivity contribution in [3.05, 3.63) is 71.5 Å². The number of carbonyl (C=O) groups excluding carboxylic acids is 2. The first kappa shape index (κ1) is 16.1. The van der Waals surface area contributed by atoms with Crippen LogP contribution >= 0.6 is 0 Å². The quantitative estimate of drug-likeness (QED) is 0.740. The SMILES string of the molecule is CC(C)C(=O)C[C@@H](C(=O)c1ccc(F)cc1)c1ccccc1. The minimum Gasteiger partial charge on any atom is -0.299 e. The van der Waals surface area contributed by atoms with Crippen LogP contribution in [0.4, 0.5) is 4.39 Å². The van der Waals surface area contributed by atoms with Gasteiger partial charge in [-0.3, -0.25) is 9.59 Å². The van der Waals surface area contributed by atoms with Gasteiger partial charge in [-0.1, -0.05) is 44.2 Å². The van der Waals surface area contributed by atoms with Gasteiger partial charge >= 0.3 is 0 Å². The summed E-state index contributed by atoms with van der Waals surface area (Å²) < 4.78 is 13.0. The van der Waals surface area contributed by atoms with Crippen LogP contribution in [0.15, 0.2) is 54.6 Å². The predicted molar refractivity (Wildman–Crippen MR) is 84.4 cm³/mol. The maximum atomic E-state index is 13.0. The van der Waals surface area contributed by atoms with Gasteiger partial charge in [0.25, 0.3) is 0 Å². The molecular formula is C19H19FO2. The molecule has 2 aromatic rings. The third kappa shape index (κ3) is 3.88. The van der Waals surface area contributed by atoms with Crippen molar-refractivity contribution in [1.82, 2.24) is 0 Å². The summed E-state index contributed by atoms with van der Waals surface area (Å²) in [5.41, 5.74) is 1.23. The van der Waals surface area contributed by atoms with E-state index in [0.717, 1.165) is 5.56 Å². The Balaban J connectivity index is 2.33. The molecule has 0 saturated carbocycles. The Hall–Kier alpha value is -2.29. The van der Waals surface area contributed by atoms with Crippen molar-refractivity contribution in [3.8, 4) is 0 Å². The van der Waals surface area contributed by atoms with E-state index >= 15 is 0 Å². The van der Waals surface area contributed by atoms with E-state index in [9.17, 15) is 14.0 Å². The summed E-state index contributed by atoms with van der Waals surface area (Å²) >= 11 is 0. The Labute approximate surface area is 130 Å². The Morgan fingerprint density at radius 2 is 1.55 bits per heavy atom. The highest BCUT2D eigenvalue weighted by atomic mass is 19.1. The molecule has 22 heavy (non-hydrogen) atoms. The van der Waals surface area contributed by atoms with Gasteiger partial charge in [-0.25, -0.2) is 4.39 Å². The summed E-state index contributed by atoms with van der Waals surface area (Å²) in [5.74, 6) is -1.13. The Kier molecular flexibility index (Phi) is 5.21. The number of Topliss-reactive ketones (excluding diaryl/α,β-unsaturated/α-hetero) is 2. The highest BCUT2D eigenvalue weighted by Crippen LogP contribution is 2.26. The minimum atomic E-state index is -0.526. The standard InChI is InChI=1S/C19H19FO2/c1-13(2)18(21)12-17(14-6-4-3-5-7-14)19(22)15-8-10-16(20)11-9-15/h3-11,13,17H,12H2,1-2H3/t17-/m1/s1. The molecule has 0 heterocycles. The van der Waals surface area contributed by atoms with Gasteiger partial charge in [0.15, 0.2) is 5.78 Å². The maximum absolute atomic E-state index is 13.0. The van der Waals surface area contributed by atoms with Crippen molar-refractivity contribution in [2.45, 2.75) is 26.2 Å². The highest BCUT2D eigenvalue weighted by molar-refractivity contribution is 6.03. The van der Waals surface area contributed by atoms with Gasteiger partial charge in [0.2, 0.25) is 0 Å². The first-order valence-corrected chi connectivity index (χ1v) is 7.36. The van der Waals surface area contributed by atoms with E-state index in [1.165, 1.54) is 24.3 Å². The van der Waals surface area contributed by atoms with Gasteiger partial charge in [0.05, 0.1) is 5.92 Å². The predicted octanol–water partition coefficient (Wildman–Crippen LogP) is 4.41. The lowest BCUT2D eigenvalue weighted by molar-refractivity contribution is -0.122. The maximum Gasteiger partial charge on any atom is 0.170 e. The summed E-state index contributed by atoms with van der Waals surface area (Å²) in [7, 11) is 0. The van der Waals surface area contributed by atoms with E-state index < -0.39 is 5.92 Å². The highest BCUT2D eigenvalue weighted by Gasteiger charge is 2.25. The Bertz CT molecular complexity index is 645. The van der Waals surface area contributed by atoms with Crippen LogP contribution in [0.1, 0.15) is 42.1 Å². The fraction of sp³-hybridized carbons (Fsp3) is 0.263. The molecule has 0 fully saturated rings. The molecule has 2 aromatic carbocycles. The van der Waals surface area contributed by atoms with Crippen LogP contribution in [0, 0.1) is 11.7 Å². The zero-order chi connectivity index (χ0) is 16.1. The molecule has 0 spiro atoms. The molecule has 2 rings (SSSR count). The average Bonchev–Trinajstić information content (AvgIpc) is 2.53. The van der Waals surface area contributed by atoms with Crippen LogP contribution in [0.25, 0.3) is 0 Å². The van der Waals surface area contributed by atoms with Gasteiger partial charge in [-0.2, -0.15) is 0 Å². The van der Waals surface area contributed by atoms with E-state index in [1.54, 1.807) is 0 Å². The van der Waals surface area contributed by atoms with Crippen LogP contribution in [0.3, 0.4) is 0 Å². The molecule has 0 radical (unpaired) electrons. The van der Waals surface area contributed by atoms with Gasteiger partial charge in [0, 0.05) is 17.9 Å². The molecule has 0 unspecified atom stereocenters. The minimum absolute atomic E-state index is 0.0457. The third-order valence-corrected chi connectivity index (χ3v) is 3.70. The monoisotopic (exact) mass is 298 g/mol. The van der Waals surface area contributed by atoms with Crippen molar-refractivity contribution in [1.29, 1.82) is 0 Å².